The van der Waals surface area contributed by atoms with Crippen molar-refractivity contribution in [3.8, 4) is 0 Å². The van der Waals surface area contributed by atoms with Crippen LogP contribution < -0.4 is 4.90 Å². The van der Waals surface area contributed by atoms with Crippen molar-refractivity contribution in [2.45, 2.75) is 35.6 Å². The monoisotopic (exact) mass is 358 g/mol. The first-order chi connectivity index (χ1) is 12.2. The molecule has 2 aromatic rings. The minimum Gasteiger partial charge on any atom is -0.338 e. The molecule has 0 spiro atoms. The predicted molar refractivity (Wildman–Crippen MR) is 98.9 cm³/mol. The maximum absolute atomic E-state index is 13.2. The predicted octanol–water partition coefficient (Wildman–Crippen LogP) is 3.40. The highest BCUT2D eigenvalue weighted by atomic mass is 32.2. The number of halogens is 1. The van der Waals surface area contributed by atoms with E-state index in [9.17, 15) is 4.39 Å². The Morgan fingerprint density at radius 3 is 2.44 bits per heavy atom. The van der Waals surface area contributed by atoms with Gasteiger partial charge in [0.15, 0.2) is 0 Å². The lowest BCUT2D eigenvalue weighted by Crippen LogP contribution is -2.45. The molecule has 2 aliphatic rings. The number of piperazine rings is 1. The number of aryl methyl sites for hydroxylation is 1. The van der Waals surface area contributed by atoms with Gasteiger partial charge in [-0.15, -0.1) is 0 Å². The lowest BCUT2D eigenvalue weighted by atomic mass is 9.97. The second-order valence-electron chi connectivity index (χ2n) is 6.81. The molecule has 0 unspecified atom stereocenters. The molecule has 25 heavy (non-hydrogen) atoms. The molecule has 0 bridgehead atoms. The van der Waals surface area contributed by atoms with E-state index in [1.807, 2.05) is 12.1 Å². The zero-order valence-corrected chi connectivity index (χ0v) is 15.4. The Balaban J connectivity index is 1.66. The van der Waals surface area contributed by atoms with Gasteiger partial charge in [-0.25, -0.2) is 14.4 Å². The molecule has 2 heterocycles. The summed E-state index contributed by atoms with van der Waals surface area (Å²) in [5, 5.41) is 1.05. The summed E-state index contributed by atoms with van der Waals surface area (Å²) in [4.78, 5) is 15.5. The summed E-state index contributed by atoms with van der Waals surface area (Å²) in [7, 11) is 2.15. The summed E-state index contributed by atoms with van der Waals surface area (Å²) in [6.07, 6.45) is 4.48. The van der Waals surface area contributed by atoms with Gasteiger partial charge >= 0.3 is 0 Å². The van der Waals surface area contributed by atoms with Crippen LogP contribution in [0.2, 0.25) is 0 Å². The smallest absolute Gasteiger partial charge is 0.226 e. The molecule has 0 amide bonds. The van der Waals surface area contributed by atoms with Gasteiger partial charge in [0.2, 0.25) is 5.95 Å². The van der Waals surface area contributed by atoms with E-state index >= 15 is 0 Å². The number of rotatable bonds is 3. The topological polar surface area (TPSA) is 32.3 Å². The fourth-order valence-electron chi connectivity index (χ4n) is 3.39. The number of hydrogen-bond donors (Lipinski definition) is 0. The zero-order chi connectivity index (χ0) is 17.2. The fourth-order valence-corrected chi connectivity index (χ4v) is 4.36. The second kappa shape index (κ2) is 7.30. The Morgan fingerprint density at radius 2 is 1.68 bits per heavy atom. The van der Waals surface area contributed by atoms with Gasteiger partial charge in [-0.05, 0) is 57.0 Å². The molecule has 1 aromatic carbocycles. The van der Waals surface area contributed by atoms with Crippen molar-refractivity contribution in [3.05, 3.63) is 41.3 Å². The van der Waals surface area contributed by atoms with Crippen LogP contribution in [0.15, 0.2) is 34.2 Å². The van der Waals surface area contributed by atoms with Crippen molar-refractivity contribution < 1.29 is 4.39 Å². The maximum Gasteiger partial charge on any atom is 0.226 e. The molecule has 0 atom stereocenters. The Kier molecular flexibility index (Phi) is 4.90. The maximum atomic E-state index is 13.2. The third-order valence-corrected chi connectivity index (χ3v) is 5.99. The highest BCUT2D eigenvalue weighted by Gasteiger charge is 2.23. The van der Waals surface area contributed by atoms with Crippen LogP contribution in [-0.2, 0) is 12.8 Å². The first kappa shape index (κ1) is 16.8. The summed E-state index contributed by atoms with van der Waals surface area (Å²) >= 11 is 1.63. The molecular formula is C19H23FN4S. The van der Waals surface area contributed by atoms with E-state index in [1.54, 1.807) is 11.8 Å². The van der Waals surface area contributed by atoms with E-state index in [2.05, 4.69) is 16.8 Å². The van der Waals surface area contributed by atoms with Crippen molar-refractivity contribution in [2.75, 3.05) is 38.1 Å². The zero-order valence-electron chi connectivity index (χ0n) is 14.5. The second-order valence-corrected chi connectivity index (χ2v) is 7.87. The summed E-state index contributed by atoms with van der Waals surface area (Å²) in [5.41, 5.74) is 2.50. The molecule has 1 saturated heterocycles. The van der Waals surface area contributed by atoms with E-state index < -0.39 is 0 Å². The lowest BCUT2D eigenvalue weighted by Gasteiger charge is -2.33. The van der Waals surface area contributed by atoms with E-state index in [0.717, 1.165) is 54.9 Å². The molecule has 1 aliphatic carbocycles. The molecule has 0 N–H and O–H groups in total. The van der Waals surface area contributed by atoms with Crippen LogP contribution in [-0.4, -0.2) is 48.1 Å². The van der Waals surface area contributed by atoms with Crippen LogP contribution >= 0.6 is 11.8 Å². The quantitative estimate of drug-likeness (QED) is 0.785. The average Bonchev–Trinajstić information content (AvgIpc) is 2.64. The van der Waals surface area contributed by atoms with E-state index in [4.69, 9.17) is 9.97 Å². The van der Waals surface area contributed by atoms with Crippen molar-refractivity contribution in [1.29, 1.82) is 0 Å². The van der Waals surface area contributed by atoms with Gasteiger partial charge in [-0.2, -0.15) is 0 Å². The SMILES string of the molecule is CN1CCN(c2nc3c(c(Sc4ccc(F)cc4)n2)CCCC3)CC1. The third kappa shape index (κ3) is 3.80. The van der Waals surface area contributed by atoms with Crippen LogP contribution in [0.3, 0.4) is 0 Å². The molecule has 1 fully saturated rings. The normalized spacial score (nSPS) is 18.2. The highest BCUT2D eigenvalue weighted by Crippen LogP contribution is 2.35. The third-order valence-electron chi connectivity index (χ3n) is 4.95. The van der Waals surface area contributed by atoms with Gasteiger partial charge in [0, 0.05) is 36.6 Å². The van der Waals surface area contributed by atoms with Crippen molar-refractivity contribution in [2.24, 2.45) is 0 Å². The molecule has 1 aromatic heterocycles. The highest BCUT2D eigenvalue weighted by molar-refractivity contribution is 7.99. The summed E-state index contributed by atoms with van der Waals surface area (Å²) < 4.78 is 13.2. The number of benzene rings is 1. The first-order valence-electron chi connectivity index (χ1n) is 8.96. The van der Waals surface area contributed by atoms with Crippen LogP contribution in [0.4, 0.5) is 10.3 Å². The minimum absolute atomic E-state index is 0.202. The van der Waals surface area contributed by atoms with Crippen LogP contribution in [0.1, 0.15) is 24.1 Å². The first-order valence-corrected chi connectivity index (χ1v) is 9.77. The molecular weight excluding hydrogens is 335 g/mol. The largest absolute Gasteiger partial charge is 0.338 e. The van der Waals surface area contributed by atoms with Gasteiger partial charge in [0.05, 0.1) is 5.69 Å². The number of anilines is 1. The molecule has 4 rings (SSSR count). The number of nitrogens with zero attached hydrogens (tertiary/aromatic N) is 4. The van der Waals surface area contributed by atoms with E-state index in [0.29, 0.717) is 0 Å². The molecule has 0 radical (unpaired) electrons. The van der Waals surface area contributed by atoms with Gasteiger partial charge in [-0.1, -0.05) is 11.8 Å². The summed E-state index contributed by atoms with van der Waals surface area (Å²) in [6, 6.07) is 6.68. The summed E-state index contributed by atoms with van der Waals surface area (Å²) in [5.74, 6) is 0.658. The van der Waals surface area contributed by atoms with Crippen LogP contribution in [0.25, 0.3) is 0 Å². The van der Waals surface area contributed by atoms with Crippen LogP contribution in [0.5, 0.6) is 0 Å². The number of aromatic nitrogens is 2. The number of fused-ring (bicyclic) bond motifs is 1. The molecule has 4 nitrogen and oxygen atoms in total. The van der Waals surface area contributed by atoms with Crippen molar-refractivity contribution in [3.63, 3.8) is 0 Å². The number of likely N-dealkylation sites (N-methyl/N-ethyl adjacent to an activating group) is 1. The lowest BCUT2D eigenvalue weighted by molar-refractivity contribution is 0.310. The van der Waals surface area contributed by atoms with Gasteiger partial charge in [-0.3, -0.25) is 0 Å². The van der Waals surface area contributed by atoms with Crippen molar-refractivity contribution in [1.82, 2.24) is 14.9 Å². The Labute approximate surface area is 152 Å². The van der Waals surface area contributed by atoms with Crippen molar-refractivity contribution >= 4 is 17.7 Å². The number of hydrogen-bond acceptors (Lipinski definition) is 5. The Hall–Kier alpha value is -1.66. The van der Waals surface area contributed by atoms with Gasteiger partial charge in [0.25, 0.3) is 0 Å². The fraction of sp³-hybridized carbons (Fsp3) is 0.474. The molecule has 6 heteroatoms. The van der Waals surface area contributed by atoms with Gasteiger partial charge in [0.1, 0.15) is 10.8 Å². The molecule has 0 saturated carbocycles. The minimum atomic E-state index is -0.202. The summed E-state index contributed by atoms with van der Waals surface area (Å²) in [6.45, 7) is 4.02. The molecule has 132 valence electrons. The average molecular weight is 358 g/mol. The van der Waals surface area contributed by atoms with Crippen LogP contribution in [0, 0.1) is 5.82 Å². The Morgan fingerprint density at radius 1 is 0.960 bits per heavy atom. The van der Waals surface area contributed by atoms with Gasteiger partial charge < -0.3 is 9.80 Å². The van der Waals surface area contributed by atoms with E-state index in [1.165, 1.54) is 36.2 Å². The van der Waals surface area contributed by atoms with E-state index in [-0.39, 0.29) is 5.82 Å². The molecule has 1 aliphatic heterocycles. The standard InChI is InChI=1S/C19H23FN4S/c1-23-10-12-24(13-11-23)19-21-17-5-3-2-4-16(17)18(22-19)25-15-8-6-14(20)7-9-15/h6-9H,2-5,10-13H2,1H3. The Bertz CT molecular complexity index is 742.